The van der Waals surface area contributed by atoms with E-state index in [4.69, 9.17) is 17.3 Å². The Morgan fingerprint density at radius 1 is 1.44 bits per heavy atom. The zero-order valence-corrected chi connectivity index (χ0v) is 10.8. The molecular formula is C11H10ClN5S. The molecule has 0 aliphatic heterocycles. The second kappa shape index (κ2) is 5.61. The van der Waals surface area contributed by atoms with Gasteiger partial charge >= 0.3 is 0 Å². The Labute approximate surface area is 114 Å². The van der Waals surface area contributed by atoms with Gasteiger partial charge in [0.2, 0.25) is 0 Å². The highest BCUT2D eigenvalue weighted by Crippen LogP contribution is 2.16. The van der Waals surface area contributed by atoms with Crippen molar-refractivity contribution in [2.45, 2.75) is 0 Å². The SMILES string of the molecule is NC(=S)N/N=C/c1c(Cl)ncn1-c1ccccc1. The van der Waals surface area contributed by atoms with Gasteiger partial charge in [-0.05, 0) is 24.4 Å². The number of nitrogens with one attached hydrogen (secondary N) is 1. The van der Waals surface area contributed by atoms with E-state index in [0.717, 1.165) is 5.69 Å². The van der Waals surface area contributed by atoms with Gasteiger partial charge in [-0.1, -0.05) is 29.8 Å². The van der Waals surface area contributed by atoms with E-state index in [1.54, 1.807) is 6.33 Å². The monoisotopic (exact) mass is 279 g/mol. The molecule has 1 aromatic carbocycles. The number of rotatable bonds is 3. The lowest BCUT2D eigenvalue weighted by Gasteiger charge is -2.04. The minimum absolute atomic E-state index is 0.0909. The van der Waals surface area contributed by atoms with Crippen LogP contribution in [0.3, 0.4) is 0 Å². The summed E-state index contributed by atoms with van der Waals surface area (Å²) >= 11 is 10.6. The van der Waals surface area contributed by atoms with Gasteiger partial charge in [0.05, 0.1) is 6.21 Å². The van der Waals surface area contributed by atoms with Crippen LogP contribution in [0.15, 0.2) is 41.8 Å². The quantitative estimate of drug-likeness (QED) is 0.510. The molecule has 2 rings (SSSR count). The normalized spacial score (nSPS) is 10.7. The van der Waals surface area contributed by atoms with Crippen molar-refractivity contribution in [3.05, 3.63) is 47.5 Å². The molecule has 0 atom stereocenters. The Morgan fingerprint density at radius 2 is 2.17 bits per heavy atom. The molecule has 0 bridgehead atoms. The Balaban J connectivity index is 2.33. The minimum atomic E-state index is 0.0909. The van der Waals surface area contributed by atoms with E-state index in [9.17, 15) is 0 Å². The molecule has 0 fully saturated rings. The summed E-state index contributed by atoms with van der Waals surface area (Å²) in [5.41, 5.74) is 9.32. The van der Waals surface area contributed by atoms with E-state index in [1.165, 1.54) is 6.21 Å². The number of nitrogens with two attached hydrogens (primary N) is 1. The maximum absolute atomic E-state index is 6.00. The highest BCUT2D eigenvalue weighted by Gasteiger charge is 2.07. The summed E-state index contributed by atoms with van der Waals surface area (Å²) in [5.74, 6) is 0. The number of hydrogen-bond acceptors (Lipinski definition) is 3. The first-order valence-electron chi connectivity index (χ1n) is 5.05. The maximum atomic E-state index is 6.00. The molecule has 0 aliphatic rings. The summed E-state index contributed by atoms with van der Waals surface area (Å²) in [7, 11) is 0. The lowest BCUT2D eigenvalue weighted by molar-refractivity contribution is 1.02. The van der Waals surface area contributed by atoms with Crippen molar-refractivity contribution < 1.29 is 0 Å². The summed E-state index contributed by atoms with van der Waals surface area (Å²) in [6.45, 7) is 0. The molecule has 0 aliphatic carbocycles. The smallest absolute Gasteiger partial charge is 0.184 e. The van der Waals surface area contributed by atoms with Gasteiger partial charge in [0.25, 0.3) is 0 Å². The third-order valence-corrected chi connectivity index (χ3v) is 2.54. The fraction of sp³-hybridized carbons (Fsp3) is 0. The van der Waals surface area contributed by atoms with Gasteiger partial charge in [-0.15, -0.1) is 0 Å². The van der Waals surface area contributed by atoms with Gasteiger partial charge in [0, 0.05) is 5.69 Å². The van der Waals surface area contributed by atoms with E-state index >= 15 is 0 Å². The topological polar surface area (TPSA) is 68.2 Å². The van der Waals surface area contributed by atoms with E-state index in [1.807, 2.05) is 34.9 Å². The van der Waals surface area contributed by atoms with Crippen LogP contribution in [0.25, 0.3) is 5.69 Å². The Bertz CT molecular complexity index is 578. The first-order valence-corrected chi connectivity index (χ1v) is 5.84. The molecule has 92 valence electrons. The van der Waals surface area contributed by atoms with Crippen LogP contribution in [0.5, 0.6) is 0 Å². The fourth-order valence-corrected chi connectivity index (χ4v) is 1.64. The molecule has 1 aromatic heterocycles. The van der Waals surface area contributed by atoms with Gasteiger partial charge in [0.1, 0.15) is 12.0 Å². The largest absolute Gasteiger partial charge is 0.375 e. The number of halogens is 1. The molecule has 7 heteroatoms. The fourth-order valence-electron chi connectivity index (χ4n) is 1.40. The van der Waals surface area contributed by atoms with Crippen molar-refractivity contribution in [3.63, 3.8) is 0 Å². The summed E-state index contributed by atoms with van der Waals surface area (Å²) in [6, 6.07) is 9.67. The van der Waals surface area contributed by atoms with Crippen LogP contribution in [0, 0.1) is 0 Å². The molecule has 3 N–H and O–H groups in total. The Kier molecular flexibility index (Phi) is 3.91. The number of hydrogen-bond donors (Lipinski definition) is 2. The lowest BCUT2D eigenvalue weighted by atomic mass is 10.3. The van der Waals surface area contributed by atoms with Crippen molar-refractivity contribution in [3.8, 4) is 5.69 Å². The highest BCUT2D eigenvalue weighted by molar-refractivity contribution is 7.80. The molecule has 0 saturated carbocycles. The van der Waals surface area contributed by atoms with Crippen molar-refractivity contribution in [2.75, 3.05) is 0 Å². The zero-order chi connectivity index (χ0) is 13.0. The minimum Gasteiger partial charge on any atom is -0.375 e. The molecule has 18 heavy (non-hydrogen) atoms. The summed E-state index contributed by atoms with van der Waals surface area (Å²) in [6.07, 6.45) is 3.14. The first-order chi connectivity index (χ1) is 8.68. The average Bonchev–Trinajstić information content (AvgIpc) is 2.72. The second-order valence-electron chi connectivity index (χ2n) is 3.36. The van der Waals surface area contributed by atoms with Crippen LogP contribution in [0.4, 0.5) is 0 Å². The van der Waals surface area contributed by atoms with Gasteiger partial charge in [-0.2, -0.15) is 5.10 Å². The van der Waals surface area contributed by atoms with Crippen LogP contribution in [0.1, 0.15) is 5.69 Å². The summed E-state index contributed by atoms with van der Waals surface area (Å²) < 4.78 is 1.81. The van der Waals surface area contributed by atoms with Crippen LogP contribution >= 0.6 is 23.8 Å². The Hall–Kier alpha value is -1.92. The third-order valence-electron chi connectivity index (χ3n) is 2.15. The maximum Gasteiger partial charge on any atom is 0.184 e. The van der Waals surface area contributed by atoms with Crippen molar-refractivity contribution >= 4 is 35.1 Å². The molecule has 1 heterocycles. The predicted molar refractivity (Wildman–Crippen MR) is 76.1 cm³/mol. The van der Waals surface area contributed by atoms with Crippen LogP contribution in [0.2, 0.25) is 5.15 Å². The van der Waals surface area contributed by atoms with E-state index in [-0.39, 0.29) is 5.11 Å². The van der Waals surface area contributed by atoms with Crippen LogP contribution < -0.4 is 11.2 Å². The third kappa shape index (κ3) is 2.85. The number of aromatic nitrogens is 2. The second-order valence-corrected chi connectivity index (χ2v) is 4.16. The van der Waals surface area contributed by atoms with Gasteiger partial charge < -0.3 is 5.73 Å². The number of thiocarbonyl (C=S) groups is 1. The molecular weight excluding hydrogens is 270 g/mol. The molecule has 0 amide bonds. The number of hydrazone groups is 1. The van der Waals surface area contributed by atoms with Crippen molar-refractivity contribution in [1.29, 1.82) is 0 Å². The average molecular weight is 280 g/mol. The molecule has 0 unspecified atom stereocenters. The molecule has 0 saturated heterocycles. The van der Waals surface area contributed by atoms with Crippen molar-refractivity contribution in [2.24, 2.45) is 10.8 Å². The standard InChI is InChI=1S/C11H10ClN5S/c12-10-9(6-15-16-11(13)18)17(7-14-10)8-4-2-1-3-5-8/h1-7H,(H3,13,16,18)/b15-6+. The van der Waals surface area contributed by atoms with Crippen molar-refractivity contribution in [1.82, 2.24) is 15.0 Å². The number of benzene rings is 1. The predicted octanol–water partition coefficient (Wildman–Crippen LogP) is 1.69. The lowest BCUT2D eigenvalue weighted by Crippen LogP contribution is -2.24. The first kappa shape index (κ1) is 12.5. The van der Waals surface area contributed by atoms with Crippen LogP contribution in [-0.2, 0) is 0 Å². The van der Waals surface area contributed by atoms with Gasteiger partial charge in [-0.3, -0.25) is 9.99 Å². The van der Waals surface area contributed by atoms with E-state index in [0.29, 0.717) is 10.8 Å². The molecule has 0 spiro atoms. The molecule has 0 radical (unpaired) electrons. The van der Waals surface area contributed by atoms with Gasteiger partial charge in [0.15, 0.2) is 10.3 Å². The summed E-state index contributed by atoms with van der Waals surface area (Å²) in [5, 5.41) is 4.32. The highest BCUT2D eigenvalue weighted by atomic mass is 35.5. The van der Waals surface area contributed by atoms with Crippen LogP contribution in [-0.4, -0.2) is 20.9 Å². The molecule has 2 aromatic rings. The van der Waals surface area contributed by atoms with E-state index < -0.39 is 0 Å². The van der Waals surface area contributed by atoms with E-state index in [2.05, 4.69) is 27.7 Å². The summed E-state index contributed by atoms with van der Waals surface area (Å²) in [4.78, 5) is 4.04. The Morgan fingerprint density at radius 3 is 2.83 bits per heavy atom. The van der Waals surface area contributed by atoms with Gasteiger partial charge in [-0.25, -0.2) is 4.98 Å². The number of nitrogens with zero attached hydrogens (tertiary/aromatic N) is 3. The zero-order valence-electron chi connectivity index (χ0n) is 9.25. The number of imidazole rings is 1. The molecule has 5 nitrogen and oxygen atoms in total. The number of para-hydroxylation sites is 1.